The van der Waals surface area contributed by atoms with Crippen LogP contribution < -0.4 is 5.32 Å². The molecule has 2 aromatic carbocycles. The van der Waals surface area contributed by atoms with Gasteiger partial charge in [-0.05, 0) is 36.8 Å². The highest BCUT2D eigenvalue weighted by molar-refractivity contribution is 5.93. The summed E-state index contributed by atoms with van der Waals surface area (Å²) in [5, 5.41) is 6.65. The van der Waals surface area contributed by atoms with Gasteiger partial charge in [-0.1, -0.05) is 35.5 Å². The van der Waals surface area contributed by atoms with E-state index in [-0.39, 0.29) is 23.5 Å². The van der Waals surface area contributed by atoms with Gasteiger partial charge in [-0.2, -0.15) is 0 Å². The minimum Gasteiger partial charge on any atom is -0.355 e. The zero-order chi connectivity index (χ0) is 16.2. The van der Waals surface area contributed by atoms with Crippen LogP contribution in [-0.2, 0) is 0 Å². The Kier molecular flexibility index (Phi) is 4.19. The monoisotopic (exact) mass is 310 g/mol. The minimum atomic E-state index is -0.331. The highest BCUT2D eigenvalue weighted by atomic mass is 19.1. The van der Waals surface area contributed by atoms with E-state index in [9.17, 15) is 9.18 Å². The Labute approximate surface area is 132 Å². The zero-order valence-corrected chi connectivity index (χ0v) is 12.5. The molecule has 0 aliphatic heterocycles. The van der Waals surface area contributed by atoms with Crippen LogP contribution in [-0.4, -0.2) is 11.1 Å². The lowest BCUT2D eigenvalue weighted by molar-refractivity contribution is 0.0931. The Bertz CT molecular complexity index is 797. The van der Waals surface area contributed by atoms with Crippen LogP contribution in [0.25, 0.3) is 11.3 Å². The largest absolute Gasteiger partial charge is 0.355 e. The number of amides is 1. The first-order valence-electron chi connectivity index (χ1n) is 7.22. The fourth-order valence-electron chi connectivity index (χ4n) is 2.23. The SMILES string of the molecule is C[C@H](NC(=O)c1cc(-c2ccc(F)cc2)on1)c1ccccc1. The minimum absolute atomic E-state index is 0.144. The van der Waals surface area contributed by atoms with E-state index >= 15 is 0 Å². The Morgan fingerprint density at radius 3 is 2.52 bits per heavy atom. The first-order chi connectivity index (χ1) is 11.1. The Balaban J connectivity index is 1.72. The number of hydrogen-bond donors (Lipinski definition) is 1. The molecule has 23 heavy (non-hydrogen) atoms. The smallest absolute Gasteiger partial charge is 0.273 e. The van der Waals surface area contributed by atoms with Crippen LogP contribution in [0.4, 0.5) is 4.39 Å². The molecule has 0 fully saturated rings. The summed E-state index contributed by atoms with van der Waals surface area (Å²) in [6, 6.07) is 16.8. The Morgan fingerprint density at radius 1 is 1.13 bits per heavy atom. The fourth-order valence-corrected chi connectivity index (χ4v) is 2.23. The normalized spacial score (nSPS) is 11.9. The quantitative estimate of drug-likeness (QED) is 0.793. The third-order valence-corrected chi connectivity index (χ3v) is 3.52. The van der Waals surface area contributed by atoms with Gasteiger partial charge >= 0.3 is 0 Å². The average Bonchev–Trinajstić information content (AvgIpc) is 3.06. The van der Waals surface area contributed by atoms with Crippen molar-refractivity contribution in [2.75, 3.05) is 0 Å². The maximum absolute atomic E-state index is 12.9. The van der Waals surface area contributed by atoms with Crippen molar-refractivity contribution < 1.29 is 13.7 Å². The van der Waals surface area contributed by atoms with Crippen LogP contribution in [0.3, 0.4) is 0 Å². The third-order valence-electron chi connectivity index (χ3n) is 3.52. The molecule has 4 nitrogen and oxygen atoms in total. The van der Waals surface area contributed by atoms with Gasteiger partial charge in [0, 0.05) is 11.6 Å². The molecule has 1 atom stereocenters. The van der Waals surface area contributed by atoms with E-state index in [4.69, 9.17) is 4.52 Å². The van der Waals surface area contributed by atoms with E-state index in [1.54, 1.807) is 18.2 Å². The van der Waals surface area contributed by atoms with Crippen molar-refractivity contribution in [2.24, 2.45) is 0 Å². The number of halogens is 1. The van der Waals surface area contributed by atoms with Crippen molar-refractivity contribution in [3.8, 4) is 11.3 Å². The van der Waals surface area contributed by atoms with E-state index in [0.717, 1.165) is 5.56 Å². The van der Waals surface area contributed by atoms with E-state index in [0.29, 0.717) is 11.3 Å². The van der Waals surface area contributed by atoms with Crippen molar-refractivity contribution in [2.45, 2.75) is 13.0 Å². The average molecular weight is 310 g/mol. The summed E-state index contributed by atoms with van der Waals surface area (Å²) in [6.45, 7) is 1.90. The molecule has 0 spiro atoms. The van der Waals surface area contributed by atoms with E-state index in [2.05, 4.69) is 10.5 Å². The van der Waals surface area contributed by atoms with Crippen LogP contribution in [0.1, 0.15) is 29.0 Å². The predicted octanol–water partition coefficient (Wildman–Crippen LogP) is 3.97. The van der Waals surface area contributed by atoms with E-state index in [1.165, 1.54) is 12.1 Å². The number of nitrogens with one attached hydrogen (secondary N) is 1. The maximum Gasteiger partial charge on any atom is 0.273 e. The standard InChI is InChI=1S/C18H15FN2O2/c1-12(13-5-3-2-4-6-13)20-18(22)16-11-17(23-21-16)14-7-9-15(19)10-8-14/h2-12H,1H3,(H,20,22)/t12-/m0/s1. The van der Waals surface area contributed by atoms with Gasteiger partial charge in [0.25, 0.3) is 5.91 Å². The summed E-state index contributed by atoms with van der Waals surface area (Å²) in [4.78, 5) is 12.2. The molecule has 3 aromatic rings. The third kappa shape index (κ3) is 3.45. The molecular weight excluding hydrogens is 295 g/mol. The molecule has 0 aliphatic carbocycles. The topological polar surface area (TPSA) is 55.1 Å². The number of rotatable bonds is 4. The van der Waals surface area contributed by atoms with Crippen molar-refractivity contribution >= 4 is 5.91 Å². The summed E-state index contributed by atoms with van der Waals surface area (Å²) in [6.07, 6.45) is 0. The van der Waals surface area contributed by atoms with Gasteiger partial charge in [0.2, 0.25) is 0 Å². The molecule has 116 valence electrons. The van der Waals surface area contributed by atoms with Crippen LogP contribution in [0.15, 0.2) is 65.2 Å². The molecule has 5 heteroatoms. The van der Waals surface area contributed by atoms with Crippen molar-refractivity contribution in [1.82, 2.24) is 10.5 Å². The fraction of sp³-hybridized carbons (Fsp3) is 0.111. The molecular formula is C18H15FN2O2. The van der Waals surface area contributed by atoms with Crippen LogP contribution in [0.5, 0.6) is 0 Å². The lowest BCUT2D eigenvalue weighted by Gasteiger charge is -2.12. The number of nitrogens with zero attached hydrogens (tertiary/aromatic N) is 1. The first kappa shape index (κ1) is 15.0. The molecule has 0 radical (unpaired) electrons. The van der Waals surface area contributed by atoms with Crippen LogP contribution >= 0.6 is 0 Å². The van der Waals surface area contributed by atoms with Gasteiger partial charge < -0.3 is 9.84 Å². The van der Waals surface area contributed by atoms with Gasteiger partial charge in [-0.25, -0.2) is 4.39 Å². The lowest BCUT2D eigenvalue weighted by Crippen LogP contribution is -2.26. The van der Waals surface area contributed by atoms with Crippen molar-refractivity contribution in [1.29, 1.82) is 0 Å². The summed E-state index contributed by atoms with van der Waals surface area (Å²) in [5.41, 5.74) is 1.85. The highest BCUT2D eigenvalue weighted by Gasteiger charge is 2.16. The van der Waals surface area contributed by atoms with Crippen molar-refractivity contribution in [3.63, 3.8) is 0 Å². The van der Waals surface area contributed by atoms with Gasteiger partial charge in [-0.3, -0.25) is 4.79 Å². The number of carbonyl (C=O) groups is 1. The number of aromatic nitrogens is 1. The Morgan fingerprint density at radius 2 is 1.83 bits per heavy atom. The van der Waals surface area contributed by atoms with Gasteiger partial charge in [0.1, 0.15) is 5.82 Å². The second kappa shape index (κ2) is 6.44. The van der Waals surface area contributed by atoms with Gasteiger partial charge in [0.05, 0.1) is 6.04 Å². The van der Waals surface area contributed by atoms with Crippen LogP contribution in [0, 0.1) is 5.82 Å². The van der Waals surface area contributed by atoms with E-state index in [1.807, 2.05) is 37.3 Å². The molecule has 1 aromatic heterocycles. The summed E-state index contributed by atoms with van der Waals surface area (Å²) in [7, 11) is 0. The molecule has 1 heterocycles. The first-order valence-corrected chi connectivity index (χ1v) is 7.22. The molecule has 3 rings (SSSR count). The molecule has 0 bridgehead atoms. The predicted molar refractivity (Wildman–Crippen MR) is 84.2 cm³/mol. The second-order valence-electron chi connectivity index (χ2n) is 5.19. The summed E-state index contributed by atoms with van der Waals surface area (Å²) >= 11 is 0. The molecule has 1 amide bonds. The number of hydrogen-bond acceptors (Lipinski definition) is 3. The van der Waals surface area contributed by atoms with Gasteiger partial charge in [0.15, 0.2) is 11.5 Å². The lowest BCUT2D eigenvalue weighted by atomic mass is 10.1. The molecule has 0 unspecified atom stereocenters. The zero-order valence-electron chi connectivity index (χ0n) is 12.5. The molecule has 0 aliphatic rings. The van der Waals surface area contributed by atoms with Crippen molar-refractivity contribution in [3.05, 3.63) is 77.7 Å². The summed E-state index contributed by atoms with van der Waals surface area (Å²) < 4.78 is 18.1. The maximum atomic E-state index is 12.9. The van der Waals surface area contributed by atoms with Crippen LogP contribution in [0.2, 0.25) is 0 Å². The number of benzene rings is 2. The summed E-state index contributed by atoms with van der Waals surface area (Å²) in [5.74, 6) is -0.233. The molecule has 0 saturated heterocycles. The Hall–Kier alpha value is -2.95. The second-order valence-corrected chi connectivity index (χ2v) is 5.19. The van der Waals surface area contributed by atoms with Gasteiger partial charge in [-0.15, -0.1) is 0 Å². The van der Waals surface area contributed by atoms with E-state index < -0.39 is 0 Å². The molecule has 0 saturated carbocycles. The highest BCUT2D eigenvalue weighted by Crippen LogP contribution is 2.21. The number of carbonyl (C=O) groups excluding carboxylic acids is 1. The molecule has 1 N–H and O–H groups in total.